The van der Waals surface area contributed by atoms with Crippen LogP contribution in [0.3, 0.4) is 0 Å². The van der Waals surface area contributed by atoms with Gasteiger partial charge in [-0.05, 0) is 136 Å². The molecule has 4 aliphatic rings. The number of carbonyl (C=O) groups excluding carboxylic acids is 1. The number of nitrogens with zero attached hydrogens (tertiary/aromatic N) is 7. The smallest absolute Gasteiger partial charge is 0.381 e. The summed E-state index contributed by atoms with van der Waals surface area (Å²) in [5.74, 6) is -0.850. The predicted molar refractivity (Wildman–Crippen MR) is 240 cm³/mol. The van der Waals surface area contributed by atoms with E-state index in [-0.39, 0.29) is 46.4 Å². The van der Waals surface area contributed by atoms with E-state index in [0.29, 0.717) is 77.4 Å². The number of halogens is 2. The number of carbonyl (C=O) groups is 1. The third kappa shape index (κ3) is 6.73. The van der Waals surface area contributed by atoms with Crippen molar-refractivity contribution in [3.63, 3.8) is 0 Å². The van der Waals surface area contributed by atoms with Crippen LogP contribution >= 0.6 is 0 Å². The van der Waals surface area contributed by atoms with E-state index in [4.69, 9.17) is 19.1 Å². The van der Waals surface area contributed by atoms with Gasteiger partial charge in [0.1, 0.15) is 28.7 Å². The molecular formula is C48H49F2N9O6S. The molecule has 2 saturated carbocycles. The predicted octanol–water partition coefficient (Wildman–Crippen LogP) is 7.59. The van der Waals surface area contributed by atoms with Crippen molar-refractivity contribution in [2.75, 3.05) is 25.5 Å². The van der Waals surface area contributed by atoms with Crippen LogP contribution in [-0.4, -0.2) is 74.1 Å². The third-order valence-corrected chi connectivity index (χ3v) is 16.3. The number of rotatable bonds is 10. The lowest BCUT2D eigenvalue weighted by molar-refractivity contribution is 0.0663. The molecule has 1 amide bonds. The minimum atomic E-state index is -3.22. The van der Waals surface area contributed by atoms with Crippen molar-refractivity contribution in [2.24, 2.45) is 11.8 Å². The molecule has 15 nitrogen and oxygen atoms in total. The van der Waals surface area contributed by atoms with E-state index in [9.17, 15) is 13.8 Å². The molecule has 7 aromatic rings. The normalized spacial score (nSPS) is 21.9. The Morgan fingerprint density at radius 3 is 2.36 bits per heavy atom. The summed E-state index contributed by atoms with van der Waals surface area (Å²) in [6, 6.07) is 14.7. The minimum absolute atomic E-state index is 0.0100. The molecule has 3 aromatic carbocycles. The zero-order valence-electron chi connectivity index (χ0n) is 37.0. The van der Waals surface area contributed by atoms with Crippen molar-refractivity contribution in [1.82, 2.24) is 38.5 Å². The van der Waals surface area contributed by atoms with Gasteiger partial charge >= 0.3 is 11.4 Å². The summed E-state index contributed by atoms with van der Waals surface area (Å²) in [6.07, 6.45) is 7.43. The summed E-state index contributed by atoms with van der Waals surface area (Å²) >= 11 is 0. The van der Waals surface area contributed by atoms with Crippen LogP contribution in [0.4, 0.5) is 8.78 Å². The van der Waals surface area contributed by atoms with Crippen LogP contribution in [0.25, 0.3) is 28.1 Å². The Morgan fingerprint density at radius 1 is 0.970 bits per heavy atom. The van der Waals surface area contributed by atoms with Gasteiger partial charge in [-0.1, -0.05) is 18.1 Å². The van der Waals surface area contributed by atoms with E-state index in [2.05, 4.69) is 22.3 Å². The Morgan fingerprint density at radius 2 is 1.70 bits per heavy atom. The number of nitrogens with one attached hydrogen (secondary N) is 2. The fourth-order valence-corrected chi connectivity index (χ4v) is 12.3. The number of ether oxygens (including phenoxy) is 1. The maximum Gasteiger partial charge on any atom is 0.438 e. The second-order valence-corrected chi connectivity index (χ2v) is 20.8. The summed E-state index contributed by atoms with van der Waals surface area (Å²) in [7, 11) is -3.22. The van der Waals surface area contributed by atoms with Crippen LogP contribution in [0.15, 0.2) is 86.0 Å². The van der Waals surface area contributed by atoms with Crippen molar-refractivity contribution in [2.45, 2.75) is 88.6 Å². The van der Waals surface area contributed by atoms with Crippen molar-refractivity contribution in [3.05, 3.63) is 139 Å². The highest BCUT2D eigenvalue weighted by atomic mass is 32.2. The molecule has 4 atom stereocenters. The summed E-state index contributed by atoms with van der Waals surface area (Å²) in [5.41, 5.74) is 3.21. The van der Waals surface area contributed by atoms with Crippen LogP contribution in [0.5, 0.6) is 0 Å². The number of aryl methyl sites for hydroxylation is 2. The van der Waals surface area contributed by atoms with Crippen LogP contribution in [0.1, 0.15) is 102 Å². The number of fused-ring (bicyclic) bond motifs is 2. The first-order valence-corrected chi connectivity index (χ1v) is 24.2. The molecule has 3 fully saturated rings. The van der Waals surface area contributed by atoms with E-state index >= 15 is 13.6 Å². The maximum absolute atomic E-state index is 16.0. The molecule has 1 saturated heterocycles. The summed E-state index contributed by atoms with van der Waals surface area (Å²) in [5, 5.41) is 10.1. The lowest BCUT2D eigenvalue weighted by atomic mass is 9.91. The molecule has 6 heterocycles. The quantitative estimate of drug-likeness (QED) is 0.141. The average molecular weight is 918 g/mol. The summed E-state index contributed by atoms with van der Waals surface area (Å²) in [6.45, 7) is 8.87. The van der Waals surface area contributed by atoms with Crippen LogP contribution in [0.2, 0.25) is 0 Å². The lowest BCUT2D eigenvalue weighted by Crippen LogP contribution is -2.41. The number of hydrogen-bond acceptors (Lipinski definition) is 9. The van der Waals surface area contributed by atoms with Gasteiger partial charge in [0.15, 0.2) is 5.82 Å². The van der Waals surface area contributed by atoms with Gasteiger partial charge in [0, 0.05) is 60.8 Å². The summed E-state index contributed by atoms with van der Waals surface area (Å²) in [4.78, 5) is 47.2. The molecule has 11 rings (SSSR count). The van der Waals surface area contributed by atoms with Crippen LogP contribution in [0, 0.1) is 42.1 Å². The molecule has 0 radical (unpaired) electrons. The van der Waals surface area contributed by atoms with Gasteiger partial charge in [0.2, 0.25) is 0 Å². The number of H-pyrrole nitrogens is 1. The van der Waals surface area contributed by atoms with Crippen molar-refractivity contribution in [3.8, 4) is 17.2 Å². The average Bonchev–Trinajstić information content (AvgIpc) is 3.94. The van der Waals surface area contributed by atoms with Gasteiger partial charge in [-0.15, -0.1) is 0 Å². The lowest BCUT2D eigenvalue weighted by Gasteiger charge is -2.34. The largest absolute Gasteiger partial charge is 0.438 e. The van der Waals surface area contributed by atoms with Crippen molar-refractivity contribution in [1.29, 1.82) is 4.78 Å². The molecule has 342 valence electrons. The summed E-state index contributed by atoms with van der Waals surface area (Å²) < 4.78 is 69.6. The molecule has 2 aliphatic carbocycles. The molecule has 4 aromatic heterocycles. The van der Waals surface area contributed by atoms with Crippen LogP contribution < -0.4 is 11.4 Å². The molecule has 2 aliphatic heterocycles. The van der Waals surface area contributed by atoms with E-state index < -0.39 is 38.6 Å². The standard InChI is InChI=1S/C48H49F2N9O6S/c1-26-19-34(20-27(2)42(26)50)59-43(57-16-15-56(47(57)62)39-10-8-35(23-36(39)49)66(51,63)25-30-5-6-30)41-29(4)55(14-11-37(41)53-59)44(60)40-22-33-21-32(31-12-17-64-18-13-31)7-9-38(33)58(40)48(24-28(48)3)45-52-46(61)65-54-45/h7-10,15-16,19-23,28-31,51H,5-6,11-14,17-18,24-25H2,1-4H3,(H,52,54,61)/t28-,29-,48-,66+/m0/s1. The first-order valence-electron chi connectivity index (χ1n) is 22.5. The van der Waals surface area contributed by atoms with E-state index in [0.717, 1.165) is 52.8 Å². The van der Waals surface area contributed by atoms with Gasteiger partial charge in [-0.3, -0.25) is 23.4 Å². The Labute approximate surface area is 377 Å². The SMILES string of the molecule is Cc1cc(-n2nc3c(c2-n2ccn(-c4ccc([S@](=N)(=O)CC5CC5)cc4F)c2=O)[C@H](C)N(C(=O)c2cc4cc(C5CCOCC5)ccc4n2[C@@]2(c4noc(=O)[nH]4)C[C@@H]2C)CC3)cc(C)c1F. The second kappa shape index (κ2) is 15.3. The van der Waals surface area contributed by atoms with E-state index in [1.54, 1.807) is 35.6 Å². The van der Waals surface area contributed by atoms with E-state index in [1.807, 2.05) is 30.5 Å². The highest BCUT2D eigenvalue weighted by molar-refractivity contribution is 7.92. The number of benzene rings is 3. The number of hydrogen-bond donors (Lipinski definition) is 2. The first-order chi connectivity index (χ1) is 31.6. The zero-order valence-corrected chi connectivity index (χ0v) is 37.8. The van der Waals surface area contributed by atoms with Gasteiger partial charge < -0.3 is 14.2 Å². The first kappa shape index (κ1) is 42.2. The van der Waals surface area contributed by atoms with Gasteiger partial charge in [-0.2, -0.15) is 5.10 Å². The van der Waals surface area contributed by atoms with E-state index in [1.165, 1.54) is 29.1 Å². The topological polar surface area (TPSA) is 179 Å². The molecule has 66 heavy (non-hydrogen) atoms. The zero-order chi connectivity index (χ0) is 46.0. The van der Waals surface area contributed by atoms with Gasteiger partial charge in [0.05, 0.1) is 37.7 Å². The molecule has 18 heteroatoms. The monoisotopic (exact) mass is 917 g/mol. The Kier molecular flexibility index (Phi) is 9.82. The highest BCUT2D eigenvalue weighted by Crippen LogP contribution is 2.56. The number of amides is 1. The Bertz CT molecular complexity index is 3350. The molecule has 2 N–H and O–H groups in total. The fraction of sp³-hybridized carbons (Fsp3) is 0.396. The number of aromatic amines is 1. The molecule has 0 spiro atoms. The Balaban J connectivity index is 1.03. The fourth-order valence-electron chi connectivity index (χ4n) is 10.5. The van der Waals surface area contributed by atoms with Crippen molar-refractivity contribution < 1.29 is 27.0 Å². The highest BCUT2D eigenvalue weighted by Gasteiger charge is 2.59. The molecule has 0 bridgehead atoms. The molecular weight excluding hydrogens is 869 g/mol. The molecule has 0 unspecified atom stereocenters. The number of imidazole rings is 1. The van der Waals surface area contributed by atoms with Crippen LogP contribution in [-0.2, 0) is 26.4 Å². The number of aromatic nitrogens is 7. The van der Waals surface area contributed by atoms with Crippen molar-refractivity contribution >= 4 is 26.5 Å². The Hall–Kier alpha value is -6.40. The third-order valence-electron chi connectivity index (χ3n) is 14.4. The maximum atomic E-state index is 16.0. The second-order valence-electron chi connectivity index (χ2n) is 18.7. The minimum Gasteiger partial charge on any atom is -0.381 e. The van der Waals surface area contributed by atoms with Gasteiger partial charge in [0.25, 0.3) is 5.91 Å². The van der Waals surface area contributed by atoms with Gasteiger partial charge in [-0.25, -0.2) is 32.0 Å².